The number of nitrogens with two attached hydrogens (primary N) is 1. The molecule has 46 valence electrons. The van der Waals surface area contributed by atoms with Crippen molar-refractivity contribution in [1.82, 2.24) is 0 Å². The predicted molar refractivity (Wildman–Crippen MR) is 28.9 cm³/mol. The van der Waals surface area contributed by atoms with Crippen LogP contribution in [0.4, 0.5) is 4.39 Å². The van der Waals surface area contributed by atoms with Gasteiger partial charge in [-0.3, -0.25) is 0 Å². The van der Waals surface area contributed by atoms with Crippen molar-refractivity contribution in [3.8, 4) is 0 Å². The Morgan fingerprint density at radius 3 is 2.50 bits per heavy atom. The summed E-state index contributed by atoms with van der Waals surface area (Å²) in [5.41, 5.74) is 4.87. The highest BCUT2D eigenvalue weighted by atomic mass is 19.1. The highest BCUT2D eigenvalue weighted by Crippen LogP contribution is 1.92. The highest BCUT2D eigenvalue weighted by Gasteiger charge is 1.97. The molecule has 0 aromatic carbocycles. The Labute approximate surface area is 47.2 Å². The standard InChI is InChI=1S/C5H8FNO/c6-3-5(4-8)1-2-7/h1-2,4-5H,3,7H2. The first-order valence-electron chi connectivity index (χ1n) is 2.24. The zero-order valence-electron chi connectivity index (χ0n) is 4.38. The lowest BCUT2D eigenvalue weighted by Crippen LogP contribution is -2.00. The Morgan fingerprint density at radius 2 is 2.38 bits per heavy atom. The fraction of sp³-hybridized carbons (Fsp3) is 0.400. The second-order valence-corrected chi connectivity index (χ2v) is 1.34. The van der Waals surface area contributed by atoms with E-state index in [1.165, 1.54) is 12.3 Å². The summed E-state index contributed by atoms with van der Waals surface area (Å²) in [4.78, 5) is 9.78. The molecule has 0 aromatic rings. The molecule has 0 heterocycles. The summed E-state index contributed by atoms with van der Waals surface area (Å²) in [6.45, 7) is -0.669. The van der Waals surface area contributed by atoms with Gasteiger partial charge in [0, 0.05) is 0 Å². The minimum absolute atomic E-state index is 0.517. The summed E-state index contributed by atoms with van der Waals surface area (Å²) in [7, 11) is 0. The molecule has 1 atom stereocenters. The lowest BCUT2D eigenvalue weighted by Gasteiger charge is -1.91. The molecule has 3 heteroatoms. The van der Waals surface area contributed by atoms with Gasteiger partial charge in [-0.1, -0.05) is 6.08 Å². The van der Waals surface area contributed by atoms with Gasteiger partial charge >= 0.3 is 0 Å². The van der Waals surface area contributed by atoms with Crippen LogP contribution in [0.15, 0.2) is 12.3 Å². The molecular weight excluding hydrogens is 109 g/mol. The van der Waals surface area contributed by atoms with Gasteiger partial charge in [0.25, 0.3) is 0 Å². The van der Waals surface area contributed by atoms with Crippen molar-refractivity contribution >= 4 is 6.29 Å². The summed E-state index contributed by atoms with van der Waals surface area (Å²) >= 11 is 0. The first kappa shape index (κ1) is 7.14. The second-order valence-electron chi connectivity index (χ2n) is 1.34. The van der Waals surface area contributed by atoms with Crippen molar-refractivity contribution in [3.63, 3.8) is 0 Å². The predicted octanol–water partition coefficient (Wildman–Crippen LogP) is 0.243. The van der Waals surface area contributed by atoms with Crippen LogP contribution in [0.1, 0.15) is 0 Å². The molecule has 0 aliphatic heterocycles. The Hall–Kier alpha value is -0.860. The van der Waals surface area contributed by atoms with Gasteiger partial charge in [0.1, 0.15) is 13.0 Å². The van der Waals surface area contributed by atoms with Gasteiger partial charge in [0.2, 0.25) is 0 Å². The maximum Gasteiger partial charge on any atom is 0.129 e. The van der Waals surface area contributed by atoms with Crippen LogP contribution in [0.5, 0.6) is 0 Å². The molecule has 0 aromatic heterocycles. The number of alkyl halides is 1. The summed E-state index contributed by atoms with van der Waals surface area (Å²) in [5, 5.41) is 0. The number of halogens is 1. The summed E-state index contributed by atoms with van der Waals surface area (Å²) in [5.74, 6) is -0.653. The van der Waals surface area contributed by atoms with E-state index in [1.54, 1.807) is 0 Å². The summed E-state index contributed by atoms with van der Waals surface area (Å²) in [6.07, 6.45) is 3.00. The largest absolute Gasteiger partial charge is 0.405 e. The van der Waals surface area contributed by atoms with Crippen LogP contribution in [0.3, 0.4) is 0 Å². The summed E-state index contributed by atoms with van der Waals surface area (Å²) in [6, 6.07) is 0. The van der Waals surface area contributed by atoms with E-state index in [0.717, 1.165) is 0 Å². The zero-order valence-corrected chi connectivity index (χ0v) is 4.38. The van der Waals surface area contributed by atoms with E-state index in [1.807, 2.05) is 0 Å². The van der Waals surface area contributed by atoms with Crippen LogP contribution < -0.4 is 5.73 Å². The monoisotopic (exact) mass is 117 g/mol. The van der Waals surface area contributed by atoms with Gasteiger partial charge in [-0.05, 0) is 6.20 Å². The third-order valence-corrected chi connectivity index (χ3v) is 0.711. The third-order valence-electron chi connectivity index (χ3n) is 0.711. The molecule has 0 fully saturated rings. The van der Waals surface area contributed by atoms with Gasteiger partial charge in [0.05, 0.1) is 5.92 Å². The number of aldehydes is 1. The van der Waals surface area contributed by atoms with E-state index in [0.29, 0.717) is 6.29 Å². The molecule has 2 N–H and O–H groups in total. The molecule has 0 radical (unpaired) electrons. The van der Waals surface area contributed by atoms with Crippen molar-refractivity contribution in [2.75, 3.05) is 6.67 Å². The van der Waals surface area contributed by atoms with Gasteiger partial charge in [-0.15, -0.1) is 0 Å². The Morgan fingerprint density at radius 1 is 1.75 bits per heavy atom. The van der Waals surface area contributed by atoms with E-state index in [9.17, 15) is 9.18 Å². The fourth-order valence-corrected chi connectivity index (χ4v) is 0.276. The average Bonchev–Trinajstić information content (AvgIpc) is 1.83. The highest BCUT2D eigenvalue weighted by molar-refractivity contribution is 5.56. The molecule has 0 amide bonds. The molecule has 8 heavy (non-hydrogen) atoms. The second kappa shape index (κ2) is 4.30. The Kier molecular flexibility index (Phi) is 3.84. The van der Waals surface area contributed by atoms with Crippen molar-refractivity contribution in [3.05, 3.63) is 12.3 Å². The lowest BCUT2D eigenvalue weighted by molar-refractivity contribution is -0.110. The van der Waals surface area contributed by atoms with E-state index in [2.05, 4.69) is 0 Å². The molecule has 0 saturated heterocycles. The van der Waals surface area contributed by atoms with E-state index >= 15 is 0 Å². The van der Waals surface area contributed by atoms with Crippen molar-refractivity contribution in [2.45, 2.75) is 0 Å². The molecule has 0 spiro atoms. The Bertz CT molecular complexity index is 92.4. The van der Waals surface area contributed by atoms with Crippen molar-refractivity contribution in [1.29, 1.82) is 0 Å². The lowest BCUT2D eigenvalue weighted by atomic mass is 10.2. The number of hydrogen-bond donors (Lipinski definition) is 1. The molecule has 2 nitrogen and oxygen atoms in total. The van der Waals surface area contributed by atoms with Crippen LogP contribution >= 0.6 is 0 Å². The number of hydrogen-bond acceptors (Lipinski definition) is 2. The molecule has 0 aliphatic carbocycles. The summed E-state index contributed by atoms with van der Waals surface area (Å²) < 4.78 is 11.5. The first-order valence-corrected chi connectivity index (χ1v) is 2.24. The molecule has 0 rings (SSSR count). The van der Waals surface area contributed by atoms with Crippen LogP contribution in [-0.4, -0.2) is 13.0 Å². The molecular formula is C5H8FNO. The molecule has 0 bridgehead atoms. The number of carbonyl (C=O) groups is 1. The van der Waals surface area contributed by atoms with E-state index in [4.69, 9.17) is 5.73 Å². The zero-order chi connectivity index (χ0) is 6.41. The van der Waals surface area contributed by atoms with Crippen molar-refractivity contribution in [2.24, 2.45) is 11.7 Å². The average molecular weight is 117 g/mol. The quantitative estimate of drug-likeness (QED) is 0.538. The van der Waals surface area contributed by atoms with Gasteiger partial charge in [-0.2, -0.15) is 0 Å². The SMILES string of the molecule is NC=CC(C=O)CF. The topological polar surface area (TPSA) is 43.1 Å². The fourth-order valence-electron chi connectivity index (χ4n) is 0.276. The molecule has 0 saturated carbocycles. The smallest absolute Gasteiger partial charge is 0.129 e. The minimum Gasteiger partial charge on any atom is -0.405 e. The first-order chi connectivity index (χ1) is 3.85. The van der Waals surface area contributed by atoms with Gasteiger partial charge < -0.3 is 10.5 Å². The number of rotatable bonds is 3. The van der Waals surface area contributed by atoms with E-state index in [-0.39, 0.29) is 0 Å². The maximum atomic E-state index is 11.5. The maximum absolute atomic E-state index is 11.5. The minimum atomic E-state index is -0.669. The Balaban J connectivity index is 3.52. The molecule has 0 aliphatic rings. The number of carbonyl (C=O) groups excluding carboxylic acids is 1. The third kappa shape index (κ3) is 2.34. The van der Waals surface area contributed by atoms with Gasteiger partial charge in [0.15, 0.2) is 0 Å². The van der Waals surface area contributed by atoms with Gasteiger partial charge in [-0.25, -0.2) is 4.39 Å². The van der Waals surface area contributed by atoms with Crippen LogP contribution in [0, 0.1) is 5.92 Å². The number of allylic oxidation sites excluding steroid dienone is 1. The molecule has 1 unspecified atom stereocenters. The normalized spacial score (nSPS) is 14.1. The van der Waals surface area contributed by atoms with Crippen LogP contribution in [0.2, 0.25) is 0 Å². The van der Waals surface area contributed by atoms with Crippen molar-refractivity contribution < 1.29 is 9.18 Å². The van der Waals surface area contributed by atoms with Crippen LogP contribution in [-0.2, 0) is 4.79 Å². The van der Waals surface area contributed by atoms with Crippen LogP contribution in [0.25, 0.3) is 0 Å². The van der Waals surface area contributed by atoms with E-state index < -0.39 is 12.6 Å².